The quantitative estimate of drug-likeness (QED) is 0.800. The highest BCUT2D eigenvalue weighted by atomic mass is 35.5. The van der Waals surface area contributed by atoms with Crippen molar-refractivity contribution in [3.05, 3.63) is 57.9 Å². The highest BCUT2D eigenvalue weighted by Gasteiger charge is 2.17. The highest BCUT2D eigenvalue weighted by molar-refractivity contribution is 5.91. The number of anilines is 1. The second-order valence-electron chi connectivity index (χ2n) is 6.84. The highest BCUT2D eigenvalue weighted by Crippen LogP contribution is 2.25. The number of ether oxygens (including phenoxy) is 1. The number of benzene rings is 2. The fourth-order valence-electron chi connectivity index (χ4n) is 3.25. The topological polar surface area (TPSA) is 50.4 Å². The standard InChI is InChI=1S/C21H25FN2O2.ClH/c1-13-10-14(2)15(3)19(11-13)26-9-7-20(25)24-18-5-4-16-12-23-8-6-17(16)21(18)22;/h4-5,10-11,23H,6-9,12H2,1-3H3,(H,24,25);1H. The lowest BCUT2D eigenvalue weighted by molar-refractivity contribution is -0.116. The maximum atomic E-state index is 14.6. The molecule has 1 aliphatic rings. The van der Waals surface area contributed by atoms with Gasteiger partial charge in [-0.1, -0.05) is 12.1 Å². The number of carbonyl (C=O) groups excluding carboxylic acids is 1. The first kappa shape index (κ1) is 21.2. The Morgan fingerprint density at radius 2 is 2.04 bits per heavy atom. The van der Waals surface area contributed by atoms with E-state index in [1.165, 1.54) is 0 Å². The van der Waals surface area contributed by atoms with Gasteiger partial charge in [0.25, 0.3) is 0 Å². The first-order chi connectivity index (χ1) is 12.5. The molecule has 0 atom stereocenters. The van der Waals surface area contributed by atoms with Crippen molar-refractivity contribution >= 4 is 24.0 Å². The number of rotatable bonds is 5. The summed E-state index contributed by atoms with van der Waals surface area (Å²) < 4.78 is 20.3. The Morgan fingerprint density at radius 3 is 2.81 bits per heavy atom. The van der Waals surface area contributed by atoms with Gasteiger partial charge in [-0.3, -0.25) is 4.79 Å². The molecule has 0 fully saturated rings. The smallest absolute Gasteiger partial charge is 0.227 e. The van der Waals surface area contributed by atoms with E-state index in [1.54, 1.807) is 6.07 Å². The second-order valence-corrected chi connectivity index (χ2v) is 6.84. The average Bonchev–Trinajstić information content (AvgIpc) is 2.61. The summed E-state index contributed by atoms with van der Waals surface area (Å²) in [5.74, 6) is 0.228. The summed E-state index contributed by atoms with van der Waals surface area (Å²) in [4.78, 5) is 12.2. The molecule has 0 radical (unpaired) electrons. The second kappa shape index (κ2) is 9.20. The van der Waals surface area contributed by atoms with E-state index in [9.17, 15) is 9.18 Å². The summed E-state index contributed by atoms with van der Waals surface area (Å²) in [6, 6.07) is 7.57. The molecular formula is C21H26ClFN2O2. The molecule has 0 aliphatic carbocycles. The normalized spacial score (nSPS) is 12.7. The first-order valence-corrected chi connectivity index (χ1v) is 8.97. The number of hydrogen-bond donors (Lipinski definition) is 2. The summed E-state index contributed by atoms with van der Waals surface area (Å²) >= 11 is 0. The van der Waals surface area contributed by atoms with Gasteiger partial charge in [-0.15, -0.1) is 12.4 Å². The Hall–Kier alpha value is -2.11. The van der Waals surface area contributed by atoms with Crippen LogP contribution < -0.4 is 15.4 Å². The van der Waals surface area contributed by atoms with Crippen LogP contribution in [0.25, 0.3) is 0 Å². The zero-order chi connectivity index (χ0) is 18.7. The van der Waals surface area contributed by atoms with Gasteiger partial charge in [0.15, 0.2) is 0 Å². The predicted molar refractivity (Wildman–Crippen MR) is 108 cm³/mol. The van der Waals surface area contributed by atoms with Crippen molar-refractivity contribution in [3.8, 4) is 5.75 Å². The van der Waals surface area contributed by atoms with Gasteiger partial charge in [-0.05, 0) is 73.7 Å². The minimum absolute atomic E-state index is 0. The molecule has 2 aromatic carbocycles. The fourth-order valence-corrected chi connectivity index (χ4v) is 3.25. The maximum absolute atomic E-state index is 14.6. The summed E-state index contributed by atoms with van der Waals surface area (Å²) in [6.07, 6.45) is 0.810. The summed E-state index contributed by atoms with van der Waals surface area (Å²) in [5, 5.41) is 5.88. The van der Waals surface area contributed by atoms with E-state index in [-0.39, 0.29) is 42.8 Å². The van der Waals surface area contributed by atoms with Gasteiger partial charge in [0, 0.05) is 6.54 Å². The minimum Gasteiger partial charge on any atom is -0.493 e. The Morgan fingerprint density at radius 1 is 1.26 bits per heavy atom. The number of fused-ring (bicyclic) bond motifs is 1. The van der Waals surface area contributed by atoms with Crippen LogP contribution in [-0.2, 0) is 17.8 Å². The lowest BCUT2D eigenvalue weighted by Crippen LogP contribution is -2.25. The van der Waals surface area contributed by atoms with Crippen molar-refractivity contribution < 1.29 is 13.9 Å². The molecule has 6 heteroatoms. The average molecular weight is 393 g/mol. The van der Waals surface area contributed by atoms with Gasteiger partial charge in [-0.2, -0.15) is 0 Å². The van der Waals surface area contributed by atoms with E-state index < -0.39 is 0 Å². The third-order valence-corrected chi connectivity index (χ3v) is 4.83. The molecule has 3 rings (SSSR count). The molecule has 0 aromatic heterocycles. The molecule has 1 amide bonds. The van der Waals surface area contributed by atoms with Crippen molar-refractivity contribution in [2.24, 2.45) is 0 Å². The number of nitrogens with one attached hydrogen (secondary N) is 2. The van der Waals surface area contributed by atoms with Crippen LogP contribution in [0.1, 0.15) is 34.2 Å². The van der Waals surface area contributed by atoms with Crippen LogP contribution in [0.4, 0.5) is 10.1 Å². The third-order valence-electron chi connectivity index (χ3n) is 4.83. The van der Waals surface area contributed by atoms with Crippen LogP contribution in [0.15, 0.2) is 24.3 Å². The van der Waals surface area contributed by atoms with Gasteiger partial charge < -0.3 is 15.4 Å². The Labute approximate surface area is 165 Å². The molecule has 1 aliphatic heterocycles. The van der Waals surface area contributed by atoms with Gasteiger partial charge in [0.05, 0.1) is 18.7 Å². The molecular weight excluding hydrogens is 367 g/mol. The fraction of sp³-hybridized carbons (Fsp3) is 0.381. The van der Waals surface area contributed by atoms with Gasteiger partial charge in [0.1, 0.15) is 11.6 Å². The Balaban J connectivity index is 0.00000261. The van der Waals surface area contributed by atoms with E-state index >= 15 is 0 Å². The monoisotopic (exact) mass is 392 g/mol. The number of carbonyl (C=O) groups is 1. The zero-order valence-corrected chi connectivity index (χ0v) is 16.8. The van der Waals surface area contributed by atoms with Crippen LogP contribution in [-0.4, -0.2) is 19.1 Å². The van der Waals surface area contributed by atoms with E-state index in [0.29, 0.717) is 18.5 Å². The molecule has 0 saturated heterocycles. The predicted octanol–water partition coefficient (Wildman–Crippen LogP) is 4.23. The van der Waals surface area contributed by atoms with E-state index in [0.717, 1.165) is 34.5 Å². The van der Waals surface area contributed by atoms with E-state index in [1.807, 2.05) is 32.9 Å². The van der Waals surface area contributed by atoms with Crippen LogP contribution >= 0.6 is 12.4 Å². The minimum atomic E-state index is -0.316. The summed E-state index contributed by atoms with van der Waals surface area (Å²) in [7, 11) is 0. The molecule has 2 N–H and O–H groups in total. The van der Waals surface area contributed by atoms with Crippen LogP contribution in [0.3, 0.4) is 0 Å². The molecule has 146 valence electrons. The maximum Gasteiger partial charge on any atom is 0.227 e. The summed E-state index contributed by atoms with van der Waals surface area (Å²) in [5.41, 5.74) is 5.26. The Kier molecular flexibility index (Phi) is 7.22. The third kappa shape index (κ3) is 4.99. The molecule has 0 saturated carbocycles. The van der Waals surface area contributed by atoms with E-state index in [2.05, 4.69) is 16.7 Å². The molecule has 0 spiro atoms. The van der Waals surface area contributed by atoms with Crippen LogP contribution in [0, 0.1) is 26.6 Å². The van der Waals surface area contributed by atoms with Crippen molar-refractivity contribution in [2.75, 3.05) is 18.5 Å². The number of aryl methyl sites for hydroxylation is 2. The molecule has 1 heterocycles. The van der Waals surface area contributed by atoms with Crippen LogP contribution in [0.5, 0.6) is 5.75 Å². The van der Waals surface area contributed by atoms with Gasteiger partial charge >= 0.3 is 0 Å². The van der Waals surface area contributed by atoms with Crippen molar-refractivity contribution in [1.82, 2.24) is 5.32 Å². The van der Waals surface area contributed by atoms with Gasteiger partial charge in [-0.25, -0.2) is 4.39 Å². The number of amides is 1. The van der Waals surface area contributed by atoms with E-state index in [4.69, 9.17) is 4.74 Å². The number of halogens is 2. The lowest BCUT2D eigenvalue weighted by Gasteiger charge is -2.19. The SMILES string of the molecule is Cc1cc(C)c(C)c(OCCC(=O)Nc2ccc3c(c2F)CCNC3)c1.Cl. The molecule has 0 unspecified atom stereocenters. The van der Waals surface area contributed by atoms with Gasteiger partial charge in [0.2, 0.25) is 5.91 Å². The van der Waals surface area contributed by atoms with Crippen molar-refractivity contribution in [3.63, 3.8) is 0 Å². The number of hydrogen-bond acceptors (Lipinski definition) is 3. The molecule has 2 aromatic rings. The zero-order valence-electron chi connectivity index (χ0n) is 15.9. The molecule has 27 heavy (non-hydrogen) atoms. The van der Waals surface area contributed by atoms with Crippen LogP contribution in [0.2, 0.25) is 0 Å². The first-order valence-electron chi connectivity index (χ1n) is 8.97. The largest absolute Gasteiger partial charge is 0.493 e. The van der Waals surface area contributed by atoms with Crippen molar-refractivity contribution in [2.45, 2.75) is 40.2 Å². The molecule has 0 bridgehead atoms. The van der Waals surface area contributed by atoms with Crippen molar-refractivity contribution in [1.29, 1.82) is 0 Å². The Bertz CT molecular complexity index is 839. The summed E-state index contributed by atoms with van der Waals surface area (Å²) in [6.45, 7) is 7.73. The molecule has 4 nitrogen and oxygen atoms in total. The lowest BCUT2D eigenvalue weighted by atomic mass is 9.99.